The quantitative estimate of drug-likeness (QED) is 0.810. The second-order valence-corrected chi connectivity index (χ2v) is 7.13. The lowest BCUT2D eigenvalue weighted by Crippen LogP contribution is -2.03. The van der Waals surface area contributed by atoms with Crippen molar-refractivity contribution in [2.45, 2.75) is 18.6 Å². The first-order chi connectivity index (χ1) is 8.16. The Kier molecular flexibility index (Phi) is 4.24. The van der Waals surface area contributed by atoms with Crippen LogP contribution in [0, 0.1) is 0 Å². The lowest BCUT2D eigenvalue weighted by Gasteiger charge is -2.23. The molecule has 1 unspecified atom stereocenters. The number of halogens is 1. The Morgan fingerprint density at radius 1 is 1.24 bits per heavy atom. The molecule has 0 saturated heterocycles. The molecule has 3 heteroatoms. The smallest absolute Gasteiger partial charge is 0.131 e. The van der Waals surface area contributed by atoms with Gasteiger partial charge in [-0.25, -0.2) is 10.9 Å². The molecule has 0 radical (unpaired) electrons. The van der Waals surface area contributed by atoms with Gasteiger partial charge in [-0.3, -0.25) is 4.79 Å². The second kappa shape index (κ2) is 5.69. The van der Waals surface area contributed by atoms with Crippen molar-refractivity contribution >= 4 is 32.6 Å². The highest BCUT2D eigenvalue weighted by Gasteiger charge is 2.19. The monoisotopic (exact) mass is 310 g/mol. The number of hydrogen-bond acceptors (Lipinski definition) is 1. The number of carbonyl (C=O) groups is 1. The highest BCUT2D eigenvalue weighted by Crippen LogP contribution is 2.49. The summed E-state index contributed by atoms with van der Waals surface area (Å²) in [5.74, 6) is 0.258. The molecule has 90 valence electrons. The number of Topliss-reactive ketones (excluding diaryl/α,β-unsaturated/α-hetero) is 1. The van der Waals surface area contributed by atoms with Crippen molar-refractivity contribution in [3.8, 4) is 0 Å². The molecule has 0 aromatic heterocycles. The van der Waals surface area contributed by atoms with Gasteiger partial charge in [-0.1, -0.05) is 40.2 Å². The van der Waals surface area contributed by atoms with E-state index in [1.54, 1.807) is 6.92 Å². The molecular weight excluding hydrogens is 296 g/mol. The fraction of sp³-hybridized carbons (Fsp3) is 0.214. The van der Waals surface area contributed by atoms with Crippen LogP contribution in [0.3, 0.4) is 0 Å². The van der Waals surface area contributed by atoms with E-state index in [1.165, 1.54) is 5.56 Å². The summed E-state index contributed by atoms with van der Waals surface area (Å²) < 4.78 is 1.08. The number of thiol groups is 1. The third-order valence-corrected chi connectivity index (χ3v) is 5.48. The molecule has 1 aromatic rings. The third kappa shape index (κ3) is 3.33. The Hall–Kier alpha value is -0.800. The van der Waals surface area contributed by atoms with Crippen LogP contribution < -0.4 is 0 Å². The van der Waals surface area contributed by atoms with Crippen LogP contribution in [0.4, 0.5) is 0 Å². The van der Waals surface area contributed by atoms with Crippen LogP contribution >= 0.6 is 26.8 Å². The van der Waals surface area contributed by atoms with E-state index < -0.39 is 0 Å². The van der Waals surface area contributed by atoms with Crippen LogP contribution in [0.2, 0.25) is 0 Å². The molecule has 0 bridgehead atoms. The van der Waals surface area contributed by atoms with Crippen LogP contribution in [0.25, 0.3) is 0 Å². The van der Waals surface area contributed by atoms with Crippen molar-refractivity contribution in [1.82, 2.24) is 0 Å². The van der Waals surface area contributed by atoms with Crippen molar-refractivity contribution in [3.63, 3.8) is 0 Å². The number of hydrogen-bond donors (Lipinski definition) is 1. The normalized spacial score (nSPS) is 17.4. The lowest BCUT2D eigenvalue weighted by atomic mass is 10.1. The Bertz CT molecular complexity index is 450. The summed E-state index contributed by atoms with van der Waals surface area (Å²) in [6, 6.07) is 8.31. The number of carbonyl (C=O) groups excluding carboxylic acids is 1. The zero-order valence-corrected chi connectivity index (χ0v) is 12.1. The average Bonchev–Trinajstić information content (AvgIpc) is 2.80. The number of allylic oxidation sites excluding steroid dienone is 2. The zero-order chi connectivity index (χ0) is 12.3. The molecular formula is C14H15BrOS. The molecule has 1 nitrogen and oxygen atoms in total. The molecule has 0 amide bonds. The van der Waals surface area contributed by atoms with E-state index in [-0.39, 0.29) is 16.7 Å². The second-order valence-electron chi connectivity index (χ2n) is 4.10. The number of ketones is 1. The summed E-state index contributed by atoms with van der Waals surface area (Å²) in [6.45, 7) is 1.67. The minimum atomic E-state index is -0.324. The maximum Gasteiger partial charge on any atom is 0.131 e. The first-order valence-corrected chi connectivity index (χ1v) is 7.88. The van der Waals surface area contributed by atoms with Gasteiger partial charge >= 0.3 is 0 Å². The highest BCUT2D eigenvalue weighted by atomic mass is 79.9. The molecule has 2 rings (SSSR count). The molecule has 0 saturated carbocycles. The largest absolute Gasteiger partial charge is 0.300 e. The predicted molar refractivity (Wildman–Crippen MR) is 79.4 cm³/mol. The van der Waals surface area contributed by atoms with Crippen molar-refractivity contribution in [3.05, 3.63) is 57.3 Å². The first kappa shape index (κ1) is 12.7. The van der Waals surface area contributed by atoms with Crippen molar-refractivity contribution in [1.29, 1.82) is 0 Å². The van der Waals surface area contributed by atoms with Gasteiger partial charge in [0.05, 0.1) is 0 Å². The highest BCUT2D eigenvalue weighted by molar-refractivity contribution is 9.10. The fourth-order valence-electron chi connectivity index (χ4n) is 1.91. The maximum atomic E-state index is 11.4. The van der Waals surface area contributed by atoms with E-state index in [0.717, 1.165) is 4.47 Å². The molecule has 1 heterocycles. The number of rotatable bonds is 4. The zero-order valence-electron chi connectivity index (χ0n) is 9.64. The standard InChI is InChI=1S/C14H15BrOS/c1-11(16)10-14(17-8-2-3-9-17)12-4-6-13(15)7-5-12/h2-9,14,17H,10H2,1H3. The fourth-order valence-corrected chi connectivity index (χ4v) is 4.27. The minimum absolute atomic E-state index is 0.258. The van der Waals surface area contributed by atoms with E-state index in [1.807, 2.05) is 12.1 Å². The molecule has 0 spiro atoms. The molecule has 1 atom stereocenters. The van der Waals surface area contributed by atoms with Crippen LogP contribution in [0.1, 0.15) is 24.2 Å². The van der Waals surface area contributed by atoms with E-state index in [2.05, 4.69) is 51.0 Å². The third-order valence-electron chi connectivity index (χ3n) is 2.72. The SMILES string of the molecule is CC(=O)CC(c1ccc(Br)cc1)[SH]1C=CC=C1. The summed E-state index contributed by atoms with van der Waals surface area (Å²) >= 11 is 3.44. The van der Waals surface area contributed by atoms with Gasteiger partial charge in [0, 0.05) is 16.1 Å². The average molecular weight is 311 g/mol. The molecule has 0 fully saturated rings. The van der Waals surface area contributed by atoms with Gasteiger partial charge in [0.15, 0.2) is 0 Å². The first-order valence-electron chi connectivity index (χ1n) is 5.54. The molecule has 1 aromatic carbocycles. The van der Waals surface area contributed by atoms with Gasteiger partial charge in [-0.2, -0.15) is 0 Å². The van der Waals surface area contributed by atoms with Crippen LogP contribution in [0.5, 0.6) is 0 Å². The lowest BCUT2D eigenvalue weighted by molar-refractivity contribution is -0.117. The van der Waals surface area contributed by atoms with E-state index >= 15 is 0 Å². The van der Waals surface area contributed by atoms with Gasteiger partial charge < -0.3 is 0 Å². The molecule has 0 N–H and O–H groups in total. The Morgan fingerprint density at radius 2 is 1.82 bits per heavy atom. The Balaban J connectivity index is 2.25. The van der Waals surface area contributed by atoms with Gasteiger partial charge in [0.1, 0.15) is 5.78 Å². The van der Waals surface area contributed by atoms with Gasteiger partial charge in [-0.15, -0.1) is 0 Å². The minimum Gasteiger partial charge on any atom is -0.300 e. The predicted octanol–water partition coefficient (Wildman–Crippen LogP) is 4.51. The molecule has 0 aliphatic carbocycles. The van der Waals surface area contributed by atoms with Crippen molar-refractivity contribution in [2.75, 3.05) is 0 Å². The van der Waals surface area contributed by atoms with Crippen LogP contribution in [-0.2, 0) is 4.79 Å². The Morgan fingerprint density at radius 3 is 2.35 bits per heavy atom. The molecule has 1 aliphatic rings. The van der Waals surface area contributed by atoms with Gasteiger partial charge in [0.2, 0.25) is 0 Å². The van der Waals surface area contributed by atoms with Crippen LogP contribution in [-0.4, -0.2) is 5.78 Å². The Labute approximate surface area is 113 Å². The molecule has 1 aliphatic heterocycles. The molecule has 17 heavy (non-hydrogen) atoms. The van der Waals surface area contributed by atoms with E-state index in [0.29, 0.717) is 11.7 Å². The summed E-state index contributed by atoms with van der Waals surface area (Å²) in [6.07, 6.45) is 4.79. The van der Waals surface area contributed by atoms with E-state index in [4.69, 9.17) is 0 Å². The van der Waals surface area contributed by atoms with Gasteiger partial charge in [0.25, 0.3) is 0 Å². The van der Waals surface area contributed by atoms with Crippen molar-refractivity contribution in [2.24, 2.45) is 0 Å². The number of benzene rings is 1. The summed E-state index contributed by atoms with van der Waals surface area (Å²) in [5.41, 5.74) is 1.26. The summed E-state index contributed by atoms with van der Waals surface area (Å²) in [7, 11) is -0.324. The topological polar surface area (TPSA) is 17.1 Å². The van der Waals surface area contributed by atoms with Crippen molar-refractivity contribution < 1.29 is 4.79 Å². The summed E-state index contributed by atoms with van der Waals surface area (Å²) in [4.78, 5) is 11.4. The summed E-state index contributed by atoms with van der Waals surface area (Å²) in [5, 5.41) is 4.78. The van der Waals surface area contributed by atoms with Crippen LogP contribution in [0.15, 0.2) is 51.7 Å². The van der Waals surface area contributed by atoms with Gasteiger partial charge in [-0.05, 0) is 35.4 Å². The van der Waals surface area contributed by atoms with E-state index in [9.17, 15) is 4.79 Å². The maximum absolute atomic E-state index is 11.4.